The second kappa shape index (κ2) is 5.68. The molecule has 0 aliphatic carbocycles. The summed E-state index contributed by atoms with van der Waals surface area (Å²) in [5, 5.41) is 3.76. The minimum atomic E-state index is -3.17. The Balaban J connectivity index is 2.54. The molecule has 0 fully saturated rings. The molecule has 1 amide bonds. The average molecular weight is 271 g/mol. The maximum atomic E-state index is 13.2. The molecule has 0 atom stereocenters. The van der Waals surface area contributed by atoms with E-state index >= 15 is 0 Å². The van der Waals surface area contributed by atoms with Gasteiger partial charge in [0, 0.05) is 10.6 Å². The molecular weight excluding hydrogens is 257 g/mol. The van der Waals surface area contributed by atoms with Crippen LogP contribution in [0.1, 0.15) is 0 Å². The summed E-state index contributed by atoms with van der Waals surface area (Å²) in [6.45, 7) is 3.40. The van der Waals surface area contributed by atoms with E-state index in [0.29, 0.717) is 10.6 Å². The largest absolute Gasteiger partial charge is 0.296 e. The van der Waals surface area contributed by atoms with Crippen molar-refractivity contribution in [2.45, 2.75) is 0 Å². The molecule has 0 aromatic heterocycles. The second-order valence-corrected chi connectivity index (χ2v) is 6.44. The molecule has 2 aromatic rings. The summed E-state index contributed by atoms with van der Waals surface area (Å²) in [5.41, 5.74) is 0. The van der Waals surface area contributed by atoms with E-state index in [9.17, 15) is 9.36 Å². The molecule has 0 heterocycles. The van der Waals surface area contributed by atoms with Crippen LogP contribution in [-0.4, -0.2) is 5.91 Å². The molecule has 0 saturated heterocycles. The van der Waals surface area contributed by atoms with Gasteiger partial charge in [-0.05, 0) is 30.3 Å². The van der Waals surface area contributed by atoms with Crippen molar-refractivity contribution in [3.8, 4) is 0 Å². The molecule has 0 bridgehead atoms. The van der Waals surface area contributed by atoms with E-state index in [0.717, 1.165) is 6.08 Å². The van der Waals surface area contributed by atoms with Gasteiger partial charge in [0.15, 0.2) is 0 Å². The Hall–Kier alpha value is -2.12. The molecule has 2 rings (SSSR count). The van der Waals surface area contributed by atoms with Gasteiger partial charge in [-0.15, -0.1) is 0 Å². The van der Waals surface area contributed by atoms with Gasteiger partial charge in [0.1, 0.15) is 0 Å². The molecule has 3 nitrogen and oxygen atoms in total. The zero-order valence-electron chi connectivity index (χ0n) is 10.3. The lowest BCUT2D eigenvalue weighted by atomic mass is 10.4. The Labute approximate surface area is 112 Å². The smallest absolute Gasteiger partial charge is 0.249 e. The van der Waals surface area contributed by atoms with Crippen molar-refractivity contribution in [3.63, 3.8) is 0 Å². The van der Waals surface area contributed by atoms with Crippen molar-refractivity contribution < 1.29 is 9.36 Å². The minimum absolute atomic E-state index is 0.448. The first kappa shape index (κ1) is 13.3. The fourth-order valence-electron chi connectivity index (χ4n) is 1.75. The zero-order valence-corrected chi connectivity index (χ0v) is 11.2. The van der Waals surface area contributed by atoms with Gasteiger partial charge in [-0.25, -0.2) is 0 Å². The maximum Gasteiger partial charge on any atom is 0.249 e. The number of nitrogens with one attached hydrogen (secondary N) is 1. The van der Waals surface area contributed by atoms with Crippen LogP contribution in [0.2, 0.25) is 0 Å². The predicted molar refractivity (Wildman–Crippen MR) is 78.1 cm³/mol. The number of carbonyl (C=O) groups is 1. The van der Waals surface area contributed by atoms with Crippen molar-refractivity contribution in [2.24, 2.45) is 0 Å². The molecule has 4 heteroatoms. The third-order valence-electron chi connectivity index (χ3n) is 2.69. The number of carbonyl (C=O) groups excluding carboxylic acids is 1. The Morgan fingerprint density at radius 2 is 1.37 bits per heavy atom. The summed E-state index contributed by atoms with van der Waals surface area (Å²) in [4.78, 5) is 11.6. The number of amides is 1. The van der Waals surface area contributed by atoms with Crippen LogP contribution >= 0.6 is 7.29 Å². The van der Waals surface area contributed by atoms with E-state index in [2.05, 4.69) is 11.7 Å². The van der Waals surface area contributed by atoms with Gasteiger partial charge in [0.25, 0.3) is 0 Å². The van der Waals surface area contributed by atoms with Crippen LogP contribution in [0.15, 0.2) is 73.3 Å². The standard InChI is InChI=1S/C15H14NO2P/c1-2-15(17)16-19(18,13-9-5-3-6-10-13)14-11-7-4-8-12-14/h2-12H,1H2,(H,16,17,18). The van der Waals surface area contributed by atoms with Gasteiger partial charge in [-0.2, -0.15) is 0 Å². The molecule has 1 N–H and O–H groups in total. The third-order valence-corrected chi connectivity index (χ3v) is 5.28. The first-order valence-electron chi connectivity index (χ1n) is 5.83. The lowest BCUT2D eigenvalue weighted by Gasteiger charge is -2.19. The maximum absolute atomic E-state index is 13.2. The molecular formula is C15H14NO2P. The summed E-state index contributed by atoms with van der Waals surface area (Å²) in [7, 11) is -3.17. The van der Waals surface area contributed by atoms with Crippen LogP contribution < -0.4 is 15.7 Å². The molecule has 0 aliphatic rings. The predicted octanol–water partition coefficient (Wildman–Crippen LogP) is 2.22. The van der Waals surface area contributed by atoms with Gasteiger partial charge in [-0.3, -0.25) is 14.4 Å². The fourth-order valence-corrected chi connectivity index (χ4v) is 3.90. The highest BCUT2D eigenvalue weighted by molar-refractivity contribution is 7.77. The highest BCUT2D eigenvalue weighted by Crippen LogP contribution is 2.38. The lowest BCUT2D eigenvalue weighted by Crippen LogP contribution is -2.30. The van der Waals surface area contributed by atoms with E-state index in [-0.39, 0.29) is 0 Å². The van der Waals surface area contributed by atoms with Gasteiger partial charge in [-0.1, -0.05) is 43.0 Å². The van der Waals surface area contributed by atoms with Crippen LogP contribution in [0, 0.1) is 0 Å². The Morgan fingerprint density at radius 3 is 1.74 bits per heavy atom. The second-order valence-electron chi connectivity index (χ2n) is 3.96. The van der Waals surface area contributed by atoms with E-state index in [1.165, 1.54) is 0 Å². The Morgan fingerprint density at radius 1 is 0.947 bits per heavy atom. The van der Waals surface area contributed by atoms with Crippen molar-refractivity contribution in [2.75, 3.05) is 0 Å². The molecule has 0 radical (unpaired) electrons. The van der Waals surface area contributed by atoms with Gasteiger partial charge in [0.05, 0.1) is 0 Å². The topological polar surface area (TPSA) is 46.2 Å². The third kappa shape index (κ3) is 2.83. The zero-order chi connectivity index (χ0) is 13.7. The van der Waals surface area contributed by atoms with E-state index in [4.69, 9.17) is 0 Å². The summed E-state index contributed by atoms with van der Waals surface area (Å²) < 4.78 is 13.2. The van der Waals surface area contributed by atoms with Crippen molar-refractivity contribution in [3.05, 3.63) is 73.3 Å². The van der Waals surface area contributed by atoms with Crippen LogP contribution in [0.25, 0.3) is 0 Å². The van der Waals surface area contributed by atoms with Crippen LogP contribution in [-0.2, 0) is 9.36 Å². The molecule has 19 heavy (non-hydrogen) atoms. The van der Waals surface area contributed by atoms with Gasteiger partial charge >= 0.3 is 0 Å². The SMILES string of the molecule is C=CC(=O)NP(=O)(c1ccccc1)c1ccccc1. The summed E-state index contributed by atoms with van der Waals surface area (Å²) >= 11 is 0. The van der Waals surface area contributed by atoms with Crippen molar-refractivity contribution >= 4 is 23.8 Å². The van der Waals surface area contributed by atoms with E-state index in [1.807, 2.05) is 12.1 Å². The molecule has 0 unspecified atom stereocenters. The van der Waals surface area contributed by atoms with E-state index < -0.39 is 13.2 Å². The minimum Gasteiger partial charge on any atom is -0.296 e. The van der Waals surface area contributed by atoms with E-state index in [1.54, 1.807) is 48.5 Å². The highest BCUT2D eigenvalue weighted by atomic mass is 31.2. The lowest BCUT2D eigenvalue weighted by molar-refractivity contribution is -0.114. The average Bonchev–Trinajstić information content (AvgIpc) is 2.48. The first-order chi connectivity index (χ1) is 9.16. The van der Waals surface area contributed by atoms with Crippen molar-refractivity contribution in [1.29, 1.82) is 0 Å². The molecule has 0 saturated carbocycles. The Bertz CT molecular complexity index is 580. The number of hydrogen-bond acceptors (Lipinski definition) is 2. The van der Waals surface area contributed by atoms with Crippen LogP contribution in [0.3, 0.4) is 0 Å². The molecule has 2 aromatic carbocycles. The molecule has 0 aliphatic heterocycles. The van der Waals surface area contributed by atoms with Gasteiger partial charge < -0.3 is 0 Å². The highest BCUT2D eigenvalue weighted by Gasteiger charge is 2.28. The van der Waals surface area contributed by atoms with Gasteiger partial charge in [0.2, 0.25) is 13.2 Å². The normalized spacial score (nSPS) is 10.7. The van der Waals surface area contributed by atoms with Crippen LogP contribution in [0.4, 0.5) is 0 Å². The molecule has 0 spiro atoms. The monoisotopic (exact) mass is 271 g/mol. The quantitative estimate of drug-likeness (QED) is 0.684. The summed E-state index contributed by atoms with van der Waals surface area (Å²) in [6.07, 6.45) is 1.12. The number of benzene rings is 2. The fraction of sp³-hybridized carbons (Fsp3) is 0. The Kier molecular flexibility index (Phi) is 3.98. The van der Waals surface area contributed by atoms with Crippen molar-refractivity contribution in [1.82, 2.24) is 5.09 Å². The number of rotatable bonds is 4. The number of hydrogen-bond donors (Lipinski definition) is 1. The van der Waals surface area contributed by atoms with Crippen LogP contribution in [0.5, 0.6) is 0 Å². The summed E-state index contributed by atoms with van der Waals surface area (Å²) in [5.74, 6) is -0.448. The molecule has 96 valence electrons. The summed E-state index contributed by atoms with van der Waals surface area (Å²) in [6, 6.07) is 17.9. The first-order valence-corrected chi connectivity index (χ1v) is 7.53.